The smallest absolute Gasteiger partial charge is 0.338 e. The van der Waals surface area contributed by atoms with E-state index in [0.717, 1.165) is 5.56 Å². The van der Waals surface area contributed by atoms with E-state index < -0.39 is 4.92 Å². The van der Waals surface area contributed by atoms with Crippen LogP contribution in [0.25, 0.3) is 0 Å². The molecule has 2 rings (SSSR count). The summed E-state index contributed by atoms with van der Waals surface area (Å²) < 4.78 is 4.90. The van der Waals surface area contributed by atoms with Crippen molar-refractivity contribution < 1.29 is 19.3 Å². The zero-order chi connectivity index (χ0) is 17.4. The zero-order valence-electron chi connectivity index (χ0n) is 13.0. The van der Waals surface area contributed by atoms with Crippen LogP contribution >= 0.6 is 0 Å². The molecular formula is C17H16N2O5. The summed E-state index contributed by atoms with van der Waals surface area (Å²) in [5.74, 6) is -0.367. The van der Waals surface area contributed by atoms with Gasteiger partial charge in [0.05, 0.1) is 23.3 Å². The second kappa shape index (κ2) is 8.42. The zero-order valence-corrected chi connectivity index (χ0v) is 13.0. The summed E-state index contributed by atoms with van der Waals surface area (Å²) in [5.41, 5.74) is 1.87. The van der Waals surface area contributed by atoms with Crippen LogP contribution in [0.3, 0.4) is 0 Å². The van der Waals surface area contributed by atoms with E-state index in [9.17, 15) is 14.9 Å². The number of hydrogen-bond donors (Lipinski definition) is 0. The van der Waals surface area contributed by atoms with Crippen LogP contribution in [0.2, 0.25) is 0 Å². The van der Waals surface area contributed by atoms with Gasteiger partial charge in [0.25, 0.3) is 5.69 Å². The minimum absolute atomic E-state index is 0.00601. The Morgan fingerprint density at radius 3 is 2.67 bits per heavy atom. The molecule has 7 heteroatoms. The summed E-state index contributed by atoms with van der Waals surface area (Å²) in [6, 6.07) is 12.9. The molecule has 0 aliphatic carbocycles. The molecule has 0 aromatic heterocycles. The molecule has 0 fully saturated rings. The van der Waals surface area contributed by atoms with Gasteiger partial charge in [-0.3, -0.25) is 10.1 Å². The molecule has 0 aliphatic rings. The fourth-order valence-electron chi connectivity index (χ4n) is 1.88. The number of oxime groups is 1. The predicted octanol–water partition coefficient (Wildman–Crippen LogP) is 3.32. The van der Waals surface area contributed by atoms with E-state index in [1.807, 2.05) is 0 Å². The van der Waals surface area contributed by atoms with Gasteiger partial charge in [-0.15, -0.1) is 0 Å². The summed E-state index contributed by atoms with van der Waals surface area (Å²) in [4.78, 5) is 26.9. The molecule has 0 bridgehead atoms. The van der Waals surface area contributed by atoms with Gasteiger partial charge in [-0.05, 0) is 24.6 Å². The van der Waals surface area contributed by atoms with Gasteiger partial charge >= 0.3 is 5.97 Å². The van der Waals surface area contributed by atoms with Crippen LogP contribution in [0.15, 0.2) is 53.7 Å². The van der Waals surface area contributed by atoms with E-state index in [0.29, 0.717) is 17.7 Å². The van der Waals surface area contributed by atoms with Crippen molar-refractivity contribution in [2.45, 2.75) is 13.5 Å². The Kier molecular flexibility index (Phi) is 6.01. The van der Waals surface area contributed by atoms with Crippen molar-refractivity contribution in [2.75, 3.05) is 6.61 Å². The van der Waals surface area contributed by atoms with Crippen LogP contribution in [-0.2, 0) is 16.2 Å². The Morgan fingerprint density at radius 1 is 1.25 bits per heavy atom. The molecule has 0 spiro atoms. The van der Waals surface area contributed by atoms with Gasteiger partial charge in [0.15, 0.2) is 0 Å². The predicted molar refractivity (Wildman–Crippen MR) is 87.9 cm³/mol. The van der Waals surface area contributed by atoms with Crippen LogP contribution in [0.4, 0.5) is 5.69 Å². The highest BCUT2D eigenvalue weighted by Crippen LogP contribution is 2.12. The monoisotopic (exact) mass is 328 g/mol. The number of nitro benzene ring substituents is 1. The third kappa shape index (κ3) is 4.91. The van der Waals surface area contributed by atoms with Gasteiger partial charge in [0.2, 0.25) is 0 Å². The molecule has 124 valence electrons. The van der Waals surface area contributed by atoms with Crippen molar-refractivity contribution in [2.24, 2.45) is 5.16 Å². The molecule has 0 saturated heterocycles. The Labute approximate surface area is 138 Å². The first-order valence-electron chi connectivity index (χ1n) is 7.26. The number of hydrogen-bond acceptors (Lipinski definition) is 6. The summed E-state index contributed by atoms with van der Waals surface area (Å²) in [7, 11) is 0. The van der Waals surface area contributed by atoms with Crippen molar-refractivity contribution in [3.8, 4) is 0 Å². The first kappa shape index (κ1) is 17.1. The molecule has 2 aromatic rings. The number of nitrogens with zero attached hydrogens (tertiary/aromatic N) is 2. The lowest BCUT2D eigenvalue weighted by molar-refractivity contribution is -0.384. The van der Waals surface area contributed by atoms with Gasteiger partial charge in [-0.2, -0.15) is 0 Å². The molecule has 2 aromatic carbocycles. The summed E-state index contributed by atoms with van der Waals surface area (Å²) in [6.07, 6.45) is 1.40. The average Bonchev–Trinajstić information content (AvgIpc) is 2.60. The van der Waals surface area contributed by atoms with Gasteiger partial charge in [0.1, 0.15) is 6.61 Å². The van der Waals surface area contributed by atoms with Crippen LogP contribution in [-0.4, -0.2) is 23.7 Å². The molecule has 7 nitrogen and oxygen atoms in total. The van der Waals surface area contributed by atoms with Crippen molar-refractivity contribution in [3.63, 3.8) is 0 Å². The molecule has 0 N–H and O–H groups in total. The number of esters is 1. The van der Waals surface area contributed by atoms with E-state index >= 15 is 0 Å². The van der Waals surface area contributed by atoms with Crippen molar-refractivity contribution in [3.05, 3.63) is 75.3 Å². The van der Waals surface area contributed by atoms with Crippen LogP contribution in [0.1, 0.15) is 28.4 Å². The van der Waals surface area contributed by atoms with E-state index in [1.165, 1.54) is 18.3 Å². The molecule has 0 saturated carbocycles. The number of rotatable bonds is 7. The molecule has 0 amide bonds. The normalized spacial score (nSPS) is 10.5. The quantitative estimate of drug-likeness (QED) is 0.336. The largest absolute Gasteiger partial charge is 0.462 e. The highest BCUT2D eigenvalue weighted by molar-refractivity contribution is 5.89. The first-order valence-corrected chi connectivity index (χ1v) is 7.26. The standard InChI is InChI=1S/C17H16N2O5/c1-2-23-17(20)15-8-6-13(7-9-15)12-24-18-11-14-4-3-5-16(10-14)19(21)22/h3-11H,2,12H2,1H3. The van der Waals surface area contributed by atoms with Crippen molar-refractivity contribution >= 4 is 17.9 Å². The number of nitro groups is 1. The second-order valence-corrected chi connectivity index (χ2v) is 4.78. The van der Waals surface area contributed by atoms with E-state index in [4.69, 9.17) is 9.57 Å². The lowest BCUT2D eigenvalue weighted by Crippen LogP contribution is -2.04. The fraction of sp³-hybridized carbons (Fsp3) is 0.176. The molecular weight excluding hydrogens is 312 g/mol. The first-order chi connectivity index (χ1) is 11.6. The van der Waals surface area contributed by atoms with Gasteiger partial charge in [-0.25, -0.2) is 4.79 Å². The van der Waals surface area contributed by atoms with E-state index in [-0.39, 0.29) is 18.3 Å². The maximum atomic E-state index is 11.5. The minimum atomic E-state index is -0.469. The fourth-order valence-corrected chi connectivity index (χ4v) is 1.88. The lowest BCUT2D eigenvalue weighted by atomic mass is 10.1. The molecule has 0 aliphatic heterocycles. The van der Waals surface area contributed by atoms with Gasteiger partial charge in [0, 0.05) is 17.7 Å². The molecule has 0 radical (unpaired) electrons. The van der Waals surface area contributed by atoms with E-state index in [2.05, 4.69) is 5.16 Å². The van der Waals surface area contributed by atoms with Gasteiger partial charge in [-0.1, -0.05) is 29.4 Å². The second-order valence-electron chi connectivity index (χ2n) is 4.78. The summed E-state index contributed by atoms with van der Waals surface area (Å²) in [6.45, 7) is 2.30. The van der Waals surface area contributed by atoms with Crippen LogP contribution < -0.4 is 0 Å². The average molecular weight is 328 g/mol. The van der Waals surface area contributed by atoms with Crippen molar-refractivity contribution in [1.29, 1.82) is 0 Å². The summed E-state index contributed by atoms with van der Waals surface area (Å²) in [5, 5.41) is 14.5. The molecule has 0 atom stereocenters. The maximum absolute atomic E-state index is 11.5. The Balaban J connectivity index is 1.88. The van der Waals surface area contributed by atoms with Gasteiger partial charge < -0.3 is 9.57 Å². The number of non-ortho nitro benzene ring substituents is 1. The Morgan fingerprint density at radius 2 is 2.00 bits per heavy atom. The Hall–Kier alpha value is -3.22. The molecule has 0 unspecified atom stereocenters. The highest BCUT2D eigenvalue weighted by Gasteiger charge is 2.06. The topological polar surface area (TPSA) is 91.0 Å². The van der Waals surface area contributed by atoms with Crippen molar-refractivity contribution in [1.82, 2.24) is 0 Å². The Bertz CT molecular complexity index is 741. The third-order valence-electron chi connectivity index (χ3n) is 3.05. The number of ether oxygens (including phenoxy) is 1. The highest BCUT2D eigenvalue weighted by atomic mass is 16.6. The number of carbonyl (C=O) groups is 1. The SMILES string of the molecule is CCOC(=O)c1ccc(CON=Cc2cccc([N+](=O)[O-])c2)cc1. The summed E-state index contributed by atoms with van der Waals surface area (Å²) >= 11 is 0. The van der Waals surface area contributed by atoms with E-state index in [1.54, 1.807) is 43.3 Å². The van der Waals surface area contributed by atoms with Crippen LogP contribution in [0, 0.1) is 10.1 Å². The maximum Gasteiger partial charge on any atom is 0.338 e. The van der Waals surface area contributed by atoms with Crippen LogP contribution in [0.5, 0.6) is 0 Å². The number of carbonyl (C=O) groups excluding carboxylic acids is 1. The lowest BCUT2D eigenvalue weighted by Gasteiger charge is -2.03. The molecule has 24 heavy (non-hydrogen) atoms. The third-order valence-corrected chi connectivity index (χ3v) is 3.05. The molecule has 0 heterocycles. The minimum Gasteiger partial charge on any atom is -0.462 e. The number of benzene rings is 2.